The molecule has 0 radical (unpaired) electrons. The monoisotopic (exact) mass is 502 g/mol. The fourth-order valence-corrected chi connectivity index (χ4v) is 3.19. The molecule has 14 heteroatoms. The molecule has 1 N–H and O–H groups in total. The molecule has 1 saturated heterocycles. The SMILES string of the molecule is CC(=O)OC[C@H]1O[C@@H](n2cc(C#Cc3c(F)c(F)c(F)c(F)c3F)c(=O)[nH]c2=O)C[C@@H]1OC(C)=O. The van der Waals surface area contributed by atoms with E-state index in [-0.39, 0.29) is 13.0 Å². The molecule has 0 amide bonds. The largest absolute Gasteiger partial charge is 0.463 e. The first-order valence-electron chi connectivity index (χ1n) is 9.75. The number of benzene rings is 1. The highest BCUT2D eigenvalue weighted by atomic mass is 19.2. The molecule has 1 aliphatic heterocycles. The van der Waals surface area contributed by atoms with Crippen molar-refractivity contribution < 1.29 is 45.8 Å². The Hall–Kier alpha value is -3.99. The van der Waals surface area contributed by atoms with Gasteiger partial charge in [0.05, 0.1) is 0 Å². The highest BCUT2D eigenvalue weighted by Crippen LogP contribution is 2.30. The van der Waals surface area contributed by atoms with Crippen molar-refractivity contribution in [2.24, 2.45) is 0 Å². The van der Waals surface area contributed by atoms with Gasteiger partial charge in [-0.05, 0) is 0 Å². The minimum absolute atomic E-state index is 0.123. The number of halogens is 5. The summed E-state index contributed by atoms with van der Waals surface area (Å²) in [5.74, 6) is -8.86. The molecule has 186 valence electrons. The first-order chi connectivity index (χ1) is 16.4. The summed E-state index contributed by atoms with van der Waals surface area (Å²) < 4.78 is 84.0. The minimum atomic E-state index is -2.37. The average Bonchev–Trinajstić information content (AvgIpc) is 3.17. The van der Waals surface area contributed by atoms with Gasteiger partial charge in [-0.25, -0.2) is 26.7 Å². The Bertz CT molecular complexity index is 1350. The minimum Gasteiger partial charge on any atom is -0.463 e. The lowest BCUT2D eigenvalue weighted by Gasteiger charge is -2.17. The van der Waals surface area contributed by atoms with Gasteiger partial charge >= 0.3 is 17.6 Å². The maximum absolute atomic E-state index is 13.9. The van der Waals surface area contributed by atoms with Crippen molar-refractivity contribution in [1.82, 2.24) is 9.55 Å². The molecule has 2 aromatic rings. The Balaban J connectivity index is 1.99. The summed E-state index contributed by atoms with van der Waals surface area (Å²) in [5, 5.41) is 0. The van der Waals surface area contributed by atoms with Crippen LogP contribution in [0.5, 0.6) is 0 Å². The van der Waals surface area contributed by atoms with Gasteiger partial charge < -0.3 is 14.2 Å². The number of esters is 2. The van der Waals surface area contributed by atoms with Crippen LogP contribution in [0.25, 0.3) is 0 Å². The van der Waals surface area contributed by atoms with Crippen LogP contribution < -0.4 is 11.2 Å². The smallest absolute Gasteiger partial charge is 0.330 e. The molecule has 3 atom stereocenters. The summed E-state index contributed by atoms with van der Waals surface area (Å²) in [7, 11) is 0. The number of nitrogens with one attached hydrogen (secondary N) is 1. The number of aromatic nitrogens is 2. The zero-order valence-corrected chi connectivity index (χ0v) is 17.9. The molecule has 0 bridgehead atoms. The predicted molar refractivity (Wildman–Crippen MR) is 104 cm³/mol. The molecule has 2 heterocycles. The van der Waals surface area contributed by atoms with Gasteiger partial charge in [-0.1, -0.05) is 11.8 Å². The van der Waals surface area contributed by atoms with Crippen molar-refractivity contribution in [3.8, 4) is 11.8 Å². The van der Waals surface area contributed by atoms with Crippen LogP contribution in [0, 0.1) is 40.9 Å². The zero-order valence-electron chi connectivity index (χ0n) is 17.9. The Morgan fingerprint density at radius 3 is 2.20 bits per heavy atom. The highest BCUT2D eigenvalue weighted by Gasteiger charge is 2.39. The lowest BCUT2D eigenvalue weighted by Crippen LogP contribution is -2.34. The fraction of sp³-hybridized carbons (Fsp3) is 0.333. The third-order valence-electron chi connectivity index (χ3n) is 4.76. The fourth-order valence-electron chi connectivity index (χ4n) is 3.19. The molecule has 3 rings (SSSR count). The third-order valence-corrected chi connectivity index (χ3v) is 4.76. The second-order valence-electron chi connectivity index (χ2n) is 7.22. The number of carbonyl (C=O) groups excluding carboxylic acids is 2. The average molecular weight is 502 g/mol. The first-order valence-corrected chi connectivity index (χ1v) is 9.75. The summed E-state index contributed by atoms with van der Waals surface area (Å²) in [6.45, 7) is 1.93. The summed E-state index contributed by atoms with van der Waals surface area (Å²) in [6.07, 6.45) is -2.38. The molecule has 35 heavy (non-hydrogen) atoms. The summed E-state index contributed by atoms with van der Waals surface area (Å²) in [6, 6.07) is 0. The molecule has 0 saturated carbocycles. The van der Waals surface area contributed by atoms with Crippen molar-refractivity contribution in [2.45, 2.75) is 38.7 Å². The molecular formula is C21H15F5N2O7. The number of nitrogens with zero attached hydrogens (tertiary/aromatic N) is 1. The van der Waals surface area contributed by atoms with Crippen LogP contribution in [0.3, 0.4) is 0 Å². The van der Waals surface area contributed by atoms with Crippen LogP contribution in [0.1, 0.15) is 37.6 Å². The maximum Gasteiger partial charge on any atom is 0.330 e. The predicted octanol–water partition coefficient (Wildman–Crippen LogP) is 1.41. The second-order valence-corrected chi connectivity index (χ2v) is 7.22. The van der Waals surface area contributed by atoms with Crippen molar-refractivity contribution in [1.29, 1.82) is 0 Å². The molecule has 1 aromatic heterocycles. The van der Waals surface area contributed by atoms with Gasteiger partial charge in [0.15, 0.2) is 23.3 Å². The van der Waals surface area contributed by atoms with Gasteiger partial charge in [0.25, 0.3) is 5.56 Å². The van der Waals surface area contributed by atoms with E-state index in [0.717, 1.165) is 24.6 Å². The van der Waals surface area contributed by atoms with Gasteiger partial charge in [0, 0.05) is 26.5 Å². The third kappa shape index (κ3) is 5.40. The van der Waals surface area contributed by atoms with Crippen LogP contribution in [0.2, 0.25) is 0 Å². The van der Waals surface area contributed by atoms with Gasteiger partial charge in [-0.2, -0.15) is 0 Å². The van der Waals surface area contributed by atoms with E-state index < -0.39 is 81.8 Å². The Morgan fingerprint density at radius 2 is 1.63 bits per heavy atom. The first kappa shape index (κ1) is 25.6. The van der Waals surface area contributed by atoms with E-state index in [1.807, 2.05) is 10.9 Å². The second kappa shape index (κ2) is 10.1. The molecule has 1 aromatic carbocycles. The number of hydrogen-bond donors (Lipinski definition) is 1. The van der Waals surface area contributed by atoms with Crippen LogP contribution in [0.4, 0.5) is 22.0 Å². The topological polar surface area (TPSA) is 117 Å². The van der Waals surface area contributed by atoms with Crippen LogP contribution in [0.15, 0.2) is 15.8 Å². The number of rotatable bonds is 4. The number of aromatic amines is 1. The summed E-state index contributed by atoms with van der Waals surface area (Å²) in [5.41, 5.74) is -4.18. The van der Waals surface area contributed by atoms with E-state index in [1.165, 1.54) is 0 Å². The van der Waals surface area contributed by atoms with Gasteiger partial charge in [0.2, 0.25) is 5.82 Å². The van der Waals surface area contributed by atoms with E-state index in [9.17, 15) is 41.1 Å². The number of H-pyrrole nitrogens is 1. The summed E-state index contributed by atoms with van der Waals surface area (Å²) in [4.78, 5) is 48.8. The maximum atomic E-state index is 13.9. The van der Waals surface area contributed by atoms with Gasteiger partial charge in [-0.3, -0.25) is 23.9 Å². The van der Waals surface area contributed by atoms with E-state index in [0.29, 0.717) is 0 Å². The summed E-state index contributed by atoms with van der Waals surface area (Å²) >= 11 is 0. The van der Waals surface area contributed by atoms with Crippen molar-refractivity contribution in [3.05, 3.63) is 67.2 Å². The molecule has 0 spiro atoms. The highest BCUT2D eigenvalue weighted by molar-refractivity contribution is 5.66. The van der Waals surface area contributed by atoms with Crippen molar-refractivity contribution in [2.75, 3.05) is 6.61 Å². The van der Waals surface area contributed by atoms with Crippen LogP contribution in [-0.2, 0) is 23.8 Å². The van der Waals surface area contributed by atoms with Crippen molar-refractivity contribution >= 4 is 11.9 Å². The van der Waals surface area contributed by atoms with Crippen molar-refractivity contribution in [3.63, 3.8) is 0 Å². The van der Waals surface area contributed by atoms with E-state index in [1.54, 1.807) is 5.92 Å². The lowest BCUT2D eigenvalue weighted by molar-refractivity contribution is -0.155. The zero-order chi connectivity index (χ0) is 26.0. The molecule has 0 aliphatic carbocycles. The molecule has 1 fully saturated rings. The normalized spacial score (nSPS) is 19.1. The molecule has 1 aliphatic rings. The molecule has 9 nitrogen and oxygen atoms in total. The number of carbonyl (C=O) groups is 2. The van der Waals surface area contributed by atoms with Crippen LogP contribution in [-0.4, -0.2) is 40.3 Å². The number of ether oxygens (including phenoxy) is 3. The van der Waals surface area contributed by atoms with Crippen LogP contribution >= 0.6 is 0 Å². The van der Waals surface area contributed by atoms with E-state index in [2.05, 4.69) is 0 Å². The quantitative estimate of drug-likeness (QED) is 0.221. The van der Waals surface area contributed by atoms with Gasteiger partial charge in [-0.15, -0.1) is 0 Å². The Morgan fingerprint density at radius 1 is 1.03 bits per heavy atom. The van der Waals surface area contributed by atoms with E-state index >= 15 is 0 Å². The standard InChI is InChI=1S/C21H15F5N2O7/c1-8(29)33-7-13-12(34-9(2)30)5-14(35-13)28-6-10(20(31)27-21(28)32)3-4-11-15(22)17(24)19(26)18(25)16(11)23/h6,12-14H,5,7H2,1-2H3,(H,27,31,32)/t12-,13+,14+/m0/s1. The van der Waals surface area contributed by atoms with E-state index in [4.69, 9.17) is 14.2 Å². The van der Waals surface area contributed by atoms with Gasteiger partial charge in [0.1, 0.15) is 36.2 Å². The Labute approximate surface area is 192 Å². The lowest BCUT2D eigenvalue weighted by atomic mass is 10.1. The molecule has 0 unspecified atom stereocenters. The molecular weight excluding hydrogens is 487 g/mol. The number of hydrogen-bond acceptors (Lipinski definition) is 7. The Kier molecular flexibility index (Phi) is 7.39.